The average Bonchev–Trinajstić information content (AvgIpc) is 3.12. The molecule has 0 bridgehead atoms. The van der Waals surface area contributed by atoms with Crippen molar-refractivity contribution < 1.29 is 14.4 Å². The standard InChI is InChI=1S/C25H20N2O3Se/c1-13-3-5-18-19(7-13)25-11-16(25)12-27(23(25)10-20(18)29)24(30)22-9-15-8-17(26-14(2)28)4-6-21(15)31-22/h3-10,16H,11-12H2,1-2H3,(H,26,28). The van der Waals surface area contributed by atoms with Crippen LogP contribution in [0.2, 0.25) is 0 Å². The number of nitrogens with zero attached hydrogens (tertiary/aromatic N) is 1. The molecule has 1 N–H and O–H groups in total. The zero-order valence-corrected chi connectivity index (χ0v) is 18.9. The van der Waals surface area contributed by atoms with Crippen LogP contribution in [0, 0.1) is 12.8 Å². The van der Waals surface area contributed by atoms with E-state index in [9.17, 15) is 14.4 Å². The molecule has 2 atom stereocenters. The number of rotatable bonds is 2. The summed E-state index contributed by atoms with van der Waals surface area (Å²) in [5.41, 5.74) is 4.49. The van der Waals surface area contributed by atoms with E-state index in [1.54, 1.807) is 6.08 Å². The van der Waals surface area contributed by atoms with Crippen LogP contribution in [0.5, 0.6) is 0 Å². The van der Waals surface area contributed by atoms with Gasteiger partial charge in [0.1, 0.15) is 0 Å². The van der Waals surface area contributed by atoms with Gasteiger partial charge in [-0.25, -0.2) is 0 Å². The fourth-order valence-corrected chi connectivity index (χ4v) is 7.38. The van der Waals surface area contributed by atoms with Crippen molar-refractivity contribution in [1.29, 1.82) is 0 Å². The first-order valence-corrected chi connectivity index (χ1v) is 12.1. The van der Waals surface area contributed by atoms with Crippen molar-refractivity contribution in [2.24, 2.45) is 5.92 Å². The van der Waals surface area contributed by atoms with E-state index in [0.717, 1.165) is 48.6 Å². The summed E-state index contributed by atoms with van der Waals surface area (Å²) in [4.78, 5) is 39.6. The molecule has 2 unspecified atom stereocenters. The second kappa shape index (κ2) is 6.28. The van der Waals surface area contributed by atoms with Gasteiger partial charge >= 0.3 is 186 Å². The molecule has 2 aromatic carbocycles. The molecule has 2 aliphatic carbocycles. The normalized spacial score (nSPS) is 23.2. The van der Waals surface area contributed by atoms with E-state index in [1.807, 2.05) is 48.2 Å². The molecule has 1 saturated heterocycles. The molecule has 1 saturated carbocycles. The number of allylic oxidation sites excluding steroid dienone is 2. The first-order chi connectivity index (χ1) is 14.9. The number of piperidine rings is 1. The Labute approximate surface area is 185 Å². The maximum atomic E-state index is 13.5. The SMILES string of the molecule is CC(=O)Nc1ccc2[se]c(C(=O)N3CC4CC45C3=CC(=O)c3ccc(C)cc35)cc2c1. The number of likely N-dealkylation sites (tertiary alicyclic amines) is 1. The Morgan fingerprint density at radius 2 is 2.00 bits per heavy atom. The van der Waals surface area contributed by atoms with Crippen LogP contribution in [0.15, 0.2) is 54.2 Å². The Balaban J connectivity index is 1.37. The molecule has 2 amide bonds. The van der Waals surface area contributed by atoms with Gasteiger partial charge in [-0.15, -0.1) is 0 Å². The summed E-state index contributed by atoms with van der Waals surface area (Å²) in [6.45, 7) is 4.20. The van der Waals surface area contributed by atoms with Crippen molar-refractivity contribution in [2.75, 3.05) is 11.9 Å². The number of fused-ring (bicyclic) bond motifs is 2. The van der Waals surface area contributed by atoms with Gasteiger partial charge in [-0.05, 0) is 0 Å². The topological polar surface area (TPSA) is 66.5 Å². The molecule has 1 spiro atoms. The summed E-state index contributed by atoms with van der Waals surface area (Å²) < 4.78 is 1.93. The van der Waals surface area contributed by atoms with Crippen LogP contribution >= 0.6 is 0 Å². The molecule has 6 rings (SSSR count). The molecular formula is C25H20N2O3Se. The summed E-state index contributed by atoms with van der Waals surface area (Å²) in [5, 5.41) is 3.79. The molecular weight excluding hydrogens is 455 g/mol. The minimum absolute atomic E-state index is 0.00452. The zero-order chi connectivity index (χ0) is 21.5. The van der Waals surface area contributed by atoms with Gasteiger partial charge in [-0.3, -0.25) is 0 Å². The quantitative estimate of drug-likeness (QED) is 0.576. The van der Waals surface area contributed by atoms with E-state index in [1.165, 1.54) is 6.92 Å². The molecule has 1 aromatic heterocycles. The Hall–Kier alpha value is -2.95. The summed E-state index contributed by atoms with van der Waals surface area (Å²) in [5.74, 6) is 0.281. The Kier molecular flexibility index (Phi) is 3.81. The predicted octanol–water partition coefficient (Wildman–Crippen LogP) is 3.66. The van der Waals surface area contributed by atoms with Crippen LogP contribution in [-0.2, 0) is 10.2 Å². The summed E-state index contributed by atoms with van der Waals surface area (Å²) in [6, 6.07) is 13.8. The fourth-order valence-electron chi connectivity index (χ4n) is 5.30. The van der Waals surface area contributed by atoms with Gasteiger partial charge in [0.2, 0.25) is 0 Å². The molecule has 2 fully saturated rings. The summed E-state index contributed by atoms with van der Waals surface area (Å²) in [7, 11) is 0. The van der Waals surface area contributed by atoms with Crippen molar-refractivity contribution >= 4 is 47.4 Å². The minimum atomic E-state index is -0.164. The number of hydrogen-bond acceptors (Lipinski definition) is 3. The molecule has 5 nitrogen and oxygen atoms in total. The molecule has 1 aliphatic heterocycles. The van der Waals surface area contributed by atoms with Gasteiger partial charge < -0.3 is 0 Å². The molecule has 3 aliphatic rings. The van der Waals surface area contributed by atoms with Crippen molar-refractivity contribution in [2.45, 2.75) is 25.7 Å². The van der Waals surface area contributed by atoms with Gasteiger partial charge in [0.25, 0.3) is 0 Å². The van der Waals surface area contributed by atoms with Gasteiger partial charge in [-0.1, -0.05) is 0 Å². The molecule has 0 radical (unpaired) electrons. The molecule has 2 heterocycles. The van der Waals surface area contributed by atoms with Crippen LogP contribution < -0.4 is 5.32 Å². The monoisotopic (exact) mass is 476 g/mol. The summed E-state index contributed by atoms with van der Waals surface area (Å²) >= 11 is -0.0884. The number of carbonyl (C=O) groups excluding carboxylic acids is 3. The Morgan fingerprint density at radius 1 is 1.16 bits per heavy atom. The van der Waals surface area contributed by atoms with Crippen LogP contribution in [0.1, 0.15) is 44.1 Å². The Bertz CT molecular complexity index is 1370. The first-order valence-electron chi connectivity index (χ1n) is 10.4. The maximum absolute atomic E-state index is 13.5. The summed E-state index contributed by atoms with van der Waals surface area (Å²) in [6.07, 6.45) is 2.71. The average molecular weight is 475 g/mol. The van der Waals surface area contributed by atoms with Gasteiger partial charge in [0, 0.05) is 0 Å². The van der Waals surface area contributed by atoms with Crippen molar-refractivity contribution in [3.63, 3.8) is 0 Å². The number of carbonyl (C=O) groups is 3. The molecule has 6 heteroatoms. The fraction of sp³-hybridized carbons (Fsp3) is 0.240. The number of amides is 2. The van der Waals surface area contributed by atoms with E-state index in [4.69, 9.17) is 0 Å². The van der Waals surface area contributed by atoms with Crippen LogP contribution in [0.25, 0.3) is 9.65 Å². The van der Waals surface area contributed by atoms with Gasteiger partial charge in [0.05, 0.1) is 0 Å². The number of nitrogens with one attached hydrogen (secondary N) is 1. The molecule has 154 valence electrons. The number of ketones is 1. The van der Waals surface area contributed by atoms with Crippen molar-refractivity contribution in [3.05, 3.63) is 75.4 Å². The third-order valence-corrected chi connectivity index (χ3v) is 9.05. The first kappa shape index (κ1) is 18.8. The van der Waals surface area contributed by atoms with Gasteiger partial charge in [-0.2, -0.15) is 0 Å². The molecule has 31 heavy (non-hydrogen) atoms. The van der Waals surface area contributed by atoms with E-state index in [2.05, 4.69) is 11.4 Å². The second-order valence-corrected chi connectivity index (χ2v) is 11.0. The van der Waals surface area contributed by atoms with E-state index in [-0.39, 0.29) is 37.5 Å². The van der Waals surface area contributed by atoms with Crippen molar-refractivity contribution in [1.82, 2.24) is 4.90 Å². The van der Waals surface area contributed by atoms with Gasteiger partial charge in [0.15, 0.2) is 0 Å². The van der Waals surface area contributed by atoms with Crippen molar-refractivity contribution in [3.8, 4) is 0 Å². The number of aryl methyl sites for hydroxylation is 1. The predicted molar refractivity (Wildman–Crippen MR) is 120 cm³/mol. The van der Waals surface area contributed by atoms with Crippen LogP contribution in [0.4, 0.5) is 5.69 Å². The Morgan fingerprint density at radius 3 is 2.81 bits per heavy atom. The van der Waals surface area contributed by atoms with Crippen LogP contribution in [0.3, 0.4) is 0 Å². The zero-order valence-electron chi connectivity index (χ0n) is 17.2. The van der Waals surface area contributed by atoms with E-state index in [0.29, 0.717) is 12.5 Å². The van der Waals surface area contributed by atoms with Crippen LogP contribution in [-0.4, -0.2) is 43.5 Å². The third-order valence-electron chi connectivity index (χ3n) is 6.74. The number of hydrogen-bond donors (Lipinski definition) is 1. The number of anilines is 1. The molecule has 3 aromatic rings. The number of benzene rings is 2. The van der Waals surface area contributed by atoms with E-state index >= 15 is 0 Å². The second-order valence-electron chi connectivity index (χ2n) is 8.78. The third kappa shape index (κ3) is 2.65. The van der Waals surface area contributed by atoms with E-state index < -0.39 is 0 Å².